The number of carbonyl (C=O) groups is 1. The second kappa shape index (κ2) is 11.5. The lowest BCUT2D eigenvalue weighted by Crippen LogP contribution is -2.07. The van der Waals surface area contributed by atoms with Gasteiger partial charge in [-0.2, -0.15) is 20.1 Å². The predicted octanol–water partition coefficient (Wildman–Crippen LogP) is 5.67. The SMILES string of the molecule is O=C(O)c1cccc(-c2ccc(/C=N/Nc3nc(Nc4ccccc4)nc(Nc4ccc([N+](=O)[O-])cc4)n3)o2)c1. The minimum absolute atomic E-state index is 0.0417. The van der Waals surface area contributed by atoms with E-state index in [1.54, 1.807) is 24.3 Å². The van der Waals surface area contributed by atoms with Gasteiger partial charge in [-0.1, -0.05) is 30.3 Å². The highest BCUT2D eigenvalue weighted by Crippen LogP contribution is 2.23. The summed E-state index contributed by atoms with van der Waals surface area (Å²) in [6, 6.07) is 24.9. The highest BCUT2D eigenvalue weighted by atomic mass is 16.6. The molecule has 0 aliphatic rings. The summed E-state index contributed by atoms with van der Waals surface area (Å²) in [7, 11) is 0. The summed E-state index contributed by atoms with van der Waals surface area (Å²) in [6.45, 7) is 0. The maximum atomic E-state index is 11.2. The fraction of sp³-hybridized carbons (Fsp3) is 0. The van der Waals surface area contributed by atoms with Crippen LogP contribution in [0.3, 0.4) is 0 Å². The number of nitro benzene ring substituents is 1. The van der Waals surface area contributed by atoms with Crippen molar-refractivity contribution >= 4 is 47.1 Å². The van der Waals surface area contributed by atoms with Gasteiger partial charge in [0.2, 0.25) is 17.8 Å². The van der Waals surface area contributed by atoms with E-state index in [-0.39, 0.29) is 29.1 Å². The van der Waals surface area contributed by atoms with E-state index in [4.69, 9.17) is 4.42 Å². The van der Waals surface area contributed by atoms with E-state index >= 15 is 0 Å². The van der Waals surface area contributed by atoms with Crippen molar-refractivity contribution in [3.05, 3.63) is 112 Å². The maximum absolute atomic E-state index is 11.2. The summed E-state index contributed by atoms with van der Waals surface area (Å²) in [5, 5.41) is 30.4. The Balaban J connectivity index is 1.34. The number of benzene rings is 3. The Labute approximate surface area is 226 Å². The minimum atomic E-state index is -1.03. The number of non-ortho nitro benzene ring substituents is 1. The first kappa shape index (κ1) is 25.5. The topological polar surface area (TPSA) is 181 Å². The molecule has 198 valence electrons. The Morgan fingerprint density at radius 2 is 1.52 bits per heavy atom. The van der Waals surface area contributed by atoms with Crippen LogP contribution >= 0.6 is 0 Å². The average molecular weight is 537 g/mol. The number of nitrogens with zero attached hydrogens (tertiary/aromatic N) is 5. The average Bonchev–Trinajstić information content (AvgIpc) is 3.43. The molecule has 2 aromatic heterocycles. The number of aromatic carboxylic acids is 1. The molecular weight excluding hydrogens is 516 g/mol. The van der Waals surface area contributed by atoms with E-state index in [0.29, 0.717) is 22.8 Å². The number of anilines is 5. The number of furan rings is 1. The van der Waals surface area contributed by atoms with Crippen molar-refractivity contribution < 1.29 is 19.2 Å². The Kier molecular flexibility index (Phi) is 7.35. The third-order valence-electron chi connectivity index (χ3n) is 5.38. The smallest absolute Gasteiger partial charge is 0.335 e. The van der Waals surface area contributed by atoms with Crippen LogP contribution in [-0.4, -0.2) is 37.2 Å². The Morgan fingerprint density at radius 1 is 0.850 bits per heavy atom. The van der Waals surface area contributed by atoms with Gasteiger partial charge < -0.3 is 20.2 Å². The van der Waals surface area contributed by atoms with Crippen molar-refractivity contribution in [2.45, 2.75) is 0 Å². The van der Waals surface area contributed by atoms with Gasteiger partial charge in [-0.3, -0.25) is 10.1 Å². The first-order valence-electron chi connectivity index (χ1n) is 11.8. The summed E-state index contributed by atoms with van der Waals surface area (Å²) in [5.41, 5.74) is 4.75. The minimum Gasteiger partial charge on any atom is -0.478 e. The molecule has 40 heavy (non-hydrogen) atoms. The molecule has 0 saturated heterocycles. The number of nitrogens with one attached hydrogen (secondary N) is 3. The zero-order chi connectivity index (χ0) is 27.9. The van der Waals surface area contributed by atoms with E-state index in [2.05, 4.69) is 36.1 Å². The zero-order valence-corrected chi connectivity index (χ0v) is 20.6. The van der Waals surface area contributed by atoms with Crippen LogP contribution in [0.5, 0.6) is 0 Å². The van der Waals surface area contributed by atoms with Gasteiger partial charge in [0.1, 0.15) is 11.5 Å². The van der Waals surface area contributed by atoms with E-state index in [1.807, 2.05) is 30.3 Å². The van der Waals surface area contributed by atoms with Crippen LogP contribution in [0.2, 0.25) is 0 Å². The lowest BCUT2D eigenvalue weighted by Gasteiger charge is -2.10. The van der Waals surface area contributed by atoms with E-state index < -0.39 is 10.9 Å². The molecule has 0 fully saturated rings. The van der Waals surface area contributed by atoms with Crippen molar-refractivity contribution in [3.63, 3.8) is 0 Å². The number of para-hydroxylation sites is 1. The van der Waals surface area contributed by atoms with Crippen molar-refractivity contribution in [2.75, 3.05) is 16.1 Å². The van der Waals surface area contributed by atoms with Crippen molar-refractivity contribution in [3.8, 4) is 11.3 Å². The number of hydrogen-bond donors (Lipinski definition) is 4. The largest absolute Gasteiger partial charge is 0.478 e. The molecule has 4 N–H and O–H groups in total. The fourth-order valence-electron chi connectivity index (χ4n) is 3.52. The van der Waals surface area contributed by atoms with Gasteiger partial charge in [0.15, 0.2) is 0 Å². The van der Waals surface area contributed by atoms with Gasteiger partial charge in [0.05, 0.1) is 16.7 Å². The highest BCUT2D eigenvalue weighted by molar-refractivity contribution is 5.89. The van der Waals surface area contributed by atoms with E-state index in [1.165, 1.54) is 42.6 Å². The third-order valence-corrected chi connectivity index (χ3v) is 5.38. The van der Waals surface area contributed by atoms with Crippen LogP contribution in [0.25, 0.3) is 11.3 Å². The van der Waals surface area contributed by atoms with Crippen LogP contribution in [-0.2, 0) is 0 Å². The molecule has 5 aromatic rings. The number of aromatic nitrogens is 3. The molecule has 13 nitrogen and oxygen atoms in total. The molecule has 5 rings (SSSR count). The van der Waals surface area contributed by atoms with Gasteiger partial charge in [0, 0.05) is 29.1 Å². The molecule has 13 heteroatoms. The number of carboxylic acids is 1. The normalized spacial score (nSPS) is 10.8. The van der Waals surface area contributed by atoms with Crippen molar-refractivity contribution in [1.82, 2.24) is 15.0 Å². The first-order chi connectivity index (χ1) is 19.4. The molecule has 0 aliphatic heterocycles. The Morgan fingerprint density at radius 3 is 2.20 bits per heavy atom. The zero-order valence-electron chi connectivity index (χ0n) is 20.6. The van der Waals surface area contributed by atoms with Crippen LogP contribution in [0.4, 0.5) is 34.9 Å². The maximum Gasteiger partial charge on any atom is 0.335 e. The highest BCUT2D eigenvalue weighted by Gasteiger charge is 2.10. The van der Waals surface area contributed by atoms with E-state index in [9.17, 15) is 20.0 Å². The summed E-state index contributed by atoms with van der Waals surface area (Å²) < 4.78 is 5.77. The van der Waals surface area contributed by atoms with Crippen molar-refractivity contribution in [1.29, 1.82) is 0 Å². The molecule has 0 saturated carbocycles. The second-order valence-corrected chi connectivity index (χ2v) is 8.18. The van der Waals surface area contributed by atoms with Crippen molar-refractivity contribution in [2.24, 2.45) is 5.10 Å². The van der Waals surface area contributed by atoms with Crippen LogP contribution in [0.1, 0.15) is 16.1 Å². The fourth-order valence-corrected chi connectivity index (χ4v) is 3.52. The number of rotatable bonds is 10. The molecule has 2 heterocycles. The van der Waals surface area contributed by atoms with Gasteiger partial charge in [-0.25, -0.2) is 10.2 Å². The number of hydrazone groups is 1. The number of hydrogen-bond acceptors (Lipinski definition) is 11. The summed E-state index contributed by atoms with van der Waals surface area (Å²) in [5.74, 6) is 0.355. The molecule has 0 aliphatic carbocycles. The Hall–Kier alpha value is -6.11. The van der Waals surface area contributed by atoms with E-state index in [0.717, 1.165) is 5.69 Å². The molecule has 0 radical (unpaired) electrons. The lowest BCUT2D eigenvalue weighted by molar-refractivity contribution is -0.384. The van der Waals surface area contributed by atoms with Gasteiger partial charge in [0.25, 0.3) is 5.69 Å². The second-order valence-electron chi connectivity index (χ2n) is 8.18. The molecular formula is C27H20N8O5. The standard InChI is InChI=1S/C27H20N8O5/c36-24(37)18-6-4-5-17(15-18)23-14-13-22(40-23)16-28-34-27-32-25(29-19-7-2-1-3-8-19)31-26(33-27)30-20-9-11-21(12-10-20)35(38)39/h1-16H,(H,36,37)(H3,29,30,31,32,33,34)/b28-16+. The monoisotopic (exact) mass is 536 g/mol. The van der Waals surface area contributed by atoms with Gasteiger partial charge >= 0.3 is 5.97 Å². The quantitative estimate of drug-likeness (QED) is 0.0980. The summed E-state index contributed by atoms with van der Waals surface area (Å²) in [6.07, 6.45) is 1.42. The molecule has 0 atom stereocenters. The molecule has 0 bridgehead atoms. The van der Waals surface area contributed by atoms with Crippen LogP contribution in [0, 0.1) is 10.1 Å². The summed E-state index contributed by atoms with van der Waals surface area (Å²) in [4.78, 5) is 34.7. The van der Waals surface area contributed by atoms with Crippen LogP contribution < -0.4 is 16.1 Å². The van der Waals surface area contributed by atoms with Gasteiger partial charge in [-0.05, 0) is 48.5 Å². The molecule has 3 aromatic carbocycles. The third kappa shape index (κ3) is 6.41. The summed E-state index contributed by atoms with van der Waals surface area (Å²) >= 11 is 0. The Bertz CT molecular complexity index is 1690. The lowest BCUT2D eigenvalue weighted by atomic mass is 10.1. The first-order valence-corrected chi connectivity index (χ1v) is 11.8. The van der Waals surface area contributed by atoms with Gasteiger partial charge in [-0.15, -0.1) is 0 Å². The molecule has 0 amide bonds. The molecule has 0 spiro atoms. The number of carboxylic acid groups (broad SMARTS) is 1. The predicted molar refractivity (Wildman–Crippen MR) is 148 cm³/mol. The van der Waals surface area contributed by atoms with Crippen LogP contribution in [0.15, 0.2) is 101 Å². The number of nitro groups is 1. The molecule has 0 unspecified atom stereocenters.